The lowest BCUT2D eigenvalue weighted by Crippen LogP contribution is -2.46. The van der Waals surface area contributed by atoms with E-state index >= 15 is 0 Å². The van der Waals surface area contributed by atoms with Crippen LogP contribution >= 0.6 is 0 Å². The zero-order valence-corrected chi connectivity index (χ0v) is 8.58. The minimum Gasteiger partial charge on any atom is -0.387 e. The van der Waals surface area contributed by atoms with Gasteiger partial charge in [0.2, 0.25) is 0 Å². The summed E-state index contributed by atoms with van der Waals surface area (Å²) in [4.78, 5) is 0. The molecule has 2 nitrogen and oxygen atoms in total. The quantitative estimate of drug-likeness (QED) is 0.482. The Morgan fingerprint density at radius 3 is 2.62 bits per heavy atom. The Hall–Kier alpha value is -0.340. The van der Waals surface area contributed by atoms with Gasteiger partial charge in [-0.15, -0.1) is 0 Å². The molecule has 0 unspecified atom stereocenters. The highest BCUT2D eigenvalue weighted by molar-refractivity contribution is 5.12. The number of hydrogen-bond acceptors (Lipinski definition) is 2. The summed E-state index contributed by atoms with van der Waals surface area (Å²) in [5.74, 6) is 0.0809. The van der Waals surface area contributed by atoms with E-state index in [-0.39, 0.29) is 5.92 Å². The molecule has 0 radical (unpaired) electrons. The van der Waals surface area contributed by atoms with Crippen LogP contribution in [0.2, 0.25) is 0 Å². The fourth-order valence-corrected chi connectivity index (χ4v) is 1.99. The van der Waals surface area contributed by atoms with Crippen molar-refractivity contribution in [2.24, 2.45) is 5.92 Å². The molecule has 0 aromatic heterocycles. The number of aliphatic hydroxyl groups is 2. The van der Waals surface area contributed by atoms with Crippen molar-refractivity contribution in [3.05, 3.63) is 12.2 Å². The van der Waals surface area contributed by atoms with Crippen molar-refractivity contribution in [2.45, 2.75) is 51.2 Å². The van der Waals surface area contributed by atoms with Crippen LogP contribution in [0, 0.1) is 5.92 Å². The monoisotopic (exact) mass is 184 g/mol. The van der Waals surface area contributed by atoms with Crippen molar-refractivity contribution in [1.29, 1.82) is 0 Å². The molecule has 76 valence electrons. The molecule has 2 N–H and O–H groups in total. The van der Waals surface area contributed by atoms with Gasteiger partial charge >= 0.3 is 0 Å². The predicted octanol–water partition coefficient (Wildman–Crippen LogP) is 1.86. The van der Waals surface area contributed by atoms with Crippen LogP contribution in [-0.4, -0.2) is 21.9 Å². The summed E-state index contributed by atoms with van der Waals surface area (Å²) >= 11 is 0. The van der Waals surface area contributed by atoms with Gasteiger partial charge in [-0.2, -0.15) is 0 Å². The molecule has 0 amide bonds. The average Bonchev–Trinajstić information content (AvgIpc) is 2.19. The van der Waals surface area contributed by atoms with E-state index in [2.05, 4.69) is 6.58 Å². The van der Waals surface area contributed by atoms with Gasteiger partial charge in [-0.05, 0) is 30.8 Å². The third-order valence-electron chi connectivity index (χ3n) is 3.19. The molecule has 0 aliphatic heterocycles. The van der Waals surface area contributed by atoms with Crippen molar-refractivity contribution in [3.63, 3.8) is 0 Å². The largest absolute Gasteiger partial charge is 0.387 e. The molecule has 0 aromatic carbocycles. The second-order valence-corrected chi connectivity index (χ2v) is 4.41. The van der Waals surface area contributed by atoms with Gasteiger partial charge in [0.05, 0.1) is 5.60 Å². The third kappa shape index (κ3) is 1.94. The van der Waals surface area contributed by atoms with Gasteiger partial charge in [-0.1, -0.05) is 26.8 Å². The Labute approximate surface area is 80.3 Å². The predicted molar refractivity (Wildman–Crippen MR) is 53.4 cm³/mol. The van der Waals surface area contributed by atoms with Crippen LogP contribution in [0.5, 0.6) is 0 Å². The van der Waals surface area contributed by atoms with E-state index in [4.69, 9.17) is 0 Å². The summed E-state index contributed by atoms with van der Waals surface area (Å²) in [5.41, 5.74) is -0.165. The Morgan fingerprint density at radius 2 is 2.08 bits per heavy atom. The molecule has 13 heavy (non-hydrogen) atoms. The van der Waals surface area contributed by atoms with E-state index in [0.29, 0.717) is 6.42 Å². The van der Waals surface area contributed by atoms with E-state index in [1.165, 1.54) is 0 Å². The lowest BCUT2D eigenvalue weighted by molar-refractivity contribution is -0.0927. The molecule has 1 fully saturated rings. The minimum atomic E-state index is -0.951. The normalized spacial score (nSPS) is 36.4. The Balaban J connectivity index is 2.86. The second-order valence-electron chi connectivity index (χ2n) is 4.41. The fourth-order valence-electron chi connectivity index (χ4n) is 1.99. The van der Waals surface area contributed by atoms with Gasteiger partial charge in [0.15, 0.2) is 0 Å². The van der Waals surface area contributed by atoms with Crippen LogP contribution in [0.1, 0.15) is 39.5 Å². The van der Waals surface area contributed by atoms with Crippen LogP contribution in [-0.2, 0) is 0 Å². The lowest BCUT2D eigenvalue weighted by Gasteiger charge is -2.36. The van der Waals surface area contributed by atoms with E-state index in [0.717, 1.165) is 24.8 Å². The first-order valence-electron chi connectivity index (χ1n) is 5.06. The molecular weight excluding hydrogens is 164 g/mol. The van der Waals surface area contributed by atoms with Crippen molar-refractivity contribution in [1.82, 2.24) is 0 Å². The minimum absolute atomic E-state index is 0.0809. The van der Waals surface area contributed by atoms with Gasteiger partial charge in [0.1, 0.15) is 6.10 Å². The molecule has 2 heteroatoms. The first-order chi connectivity index (χ1) is 5.98. The standard InChI is InChI=1S/C11H20O2/c1-8(2)11(13)7-5-4-6-9(3)10(11)12/h8,10,12-13H,3-7H2,1-2H3/t10-,11-/m0/s1. The fraction of sp³-hybridized carbons (Fsp3) is 0.818. The van der Waals surface area contributed by atoms with E-state index in [1.54, 1.807) is 0 Å². The summed E-state index contributed by atoms with van der Waals surface area (Å²) in [6.07, 6.45) is 2.80. The molecule has 1 aliphatic carbocycles. The third-order valence-corrected chi connectivity index (χ3v) is 3.19. The van der Waals surface area contributed by atoms with Crippen LogP contribution < -0.4 is 0 Å². The van der Waals surface area contributed by atoms with Crippen molar-refractivity contribution < 1.29 is 10.2 Å². The first kappa shape index (κ1) is 10.7. The molecule has 2 atom stereocenters. The zero-order valence-electron chi connectivity index (χ0n) is 8.58. The summed E-state index contributed by atoms with van der Waals surface area (Å²) in [7, 11) is 0. The Bertz CT molecular complexity index is 198. The van der Waals surface area contributed by atoms with Gasteiger partial charge < -0.3 is 10.2 Å². The average molecular weight is 184 g/mol. The maximum atomic E-state index is 10.3. The Morgan fingerprint density at radius 1 is 1.46 bits per heavy atom. The molecule has 0 spiro atoms. The smallest absolute Gasteiger partial charge is 0.104 e. The molecule has 1 saturated carbocycles. The lowest BCUT2D eigenvalue weighted by atomic mass is 9.80. The second kappa shape index (κ2) is 3.81. The molecule has 1 aliphatic rings. The molecule has 0 saturated heterocycles. The summed E-state index contributed by atoms with van der Waals surface area (Å²) in [6.45, 7) is 7.72. The number of hydrogen-bond donors (Lipinski definition) is 2. The SMILES string of the molecule is C=C1CCCC[C@](O)(C(C)C)[C@H]1O. The van der Waals surface area contributed by atoms with Gasteiger partial charge in [-0.3, -0.25) is 0 Å². The van der Waals surface area contributed by atoms with Crippen LogP contribution in [0.25, 0.3) is 0 Å². The summed E-state index contributed by atoms with van der Waals surface area (Å²) in [6, 6.07) is 0. The highest BCUT2D eigenvalue weighted by Crippen LogP contribution is 2.35. The van der Waals surface area contributed by atoms with E-state index in [9.17, 15) is 10.2 Å². The number of aliphatic hydroxyl groups excluding tert-OH is 1. The van der Waals surface area contributed by atoms with Crippen LogP contribution in [0.3, 0.4) is 0 Å². The van der Waals surface area contributed by atoms with E-state index < -0.39 is 11.7 Å². The maximum absolute atomic E-state index is 10.3. The molecule has 0 aromatic rings. The van der Waals surface area contributed by atoms with Crippen LogP contribution in [0.15, 0.2) is 12.2 Å². The van der Waals surface area contributed by atoms with Gasteiger partial charge in [0, 0.05) is 0 Å². The van der Waals surface area contributed by atoms with Crippen molar-refractivity contribution in [3.8, 4) is 0 Å². The topological polar surface area (TPSA) is 40.5 Å². The summed E-state index contributed by atoms with van der Waals surface area (Å²) in [5, 5.41) is 20.2. The van der Waals surface area contributed by atoms with Crippen LogP contribution in [0.4, 0.5) is 0 Å². The summed E-state index contributed by atoms with van der Waals surface area (Å²) < 4.78 is 0. The van der Waals surface area contributed by atoms with Crippen molar-refractivity contribution >= 4 is 0 Å². The molecule has 1 rings (SSSR count). The highest BCUT2D eigenvalue weighted by Gasteiger charge is 2.40. The van der Waals surface area contributed by atoms with E-state index in [1.807, 2.05) is 13.8 Å². The van der Waals surface area contributed by atoms with Gasteiger partial charge in [0.25, 0.3) is 0 Å². The zero-order chi connectivity index (χ0) is 10.1. The highest BCUT2D eigenvalue weighted by atomic mass is 16.3. The first-order valence-corrected chi connectivity index (χ1v) is 5.06. The molecular formula is C11H20O2. The van der Waals surface area contributed by atoms with Gasteiger partial charge in [-0.25, -0.2) is 0 Å². The molecule has 0 bridgehead atoms. The number of rotatable bonds is 1. The Kier molecular flexibility index (Phi) is 3.14. The molecule has 0 heterocycles. The van der Waals surface area contributed by atoms with Crippen molar-refractivity contribution in [2.75, 3.05) is 0 Å². The maximum Gasteiger partial charge on any atom is 0.104 e.